The Morgan fingerprint density at radius 1 is 1.56 bits per heavy atom. The number of rotatable bonds is 1. The van der Waals surface area contributed by atoms with E-state index in [1.165, 1.54) is 0 Å². The van der Waals surface area contributed by atoms with Crippen molar-refractivity contribution in [2.45, 2.75) is 32.3 Å². The molecule has 1 N–H and O–H groups in total. The molecule has 0 spiro atoms. The van der Waals surface area contributed by atoms with Gasteiger partial charge in [0, 0.05) is 19.2 Å². The first-order valence-electron chi connectivity index (χ1n) is 5.43. The molecule has 0 unspecified atom stereocenters. The Kier molecular flexibility index (Phi) is 2.71. The second kappa shape index (κ2) is 3.90. The summed E-state index contributed by atoms with van der Waals surface area (Å²) in [7, 11) is 0. The Morgan fingerprint density at radius 3 is 2.69 bits per heavy atom. The first-order chi connectivity index (χ1) is 7.48. The fraction of sp³-hybridized carbons (Fsp3) is 0.636. The normalized spacial score (nSPS) is 19.8. The third-order valence-corrected chi connectivity index (χ3v) is 2.97. The van der Waals surface area contributed by atoms with Crippen LogP contribution in [-0.4, -0.2) is 39.8 Å². The van der Waals surface area contributed by atoms with Gasteiger partial charge in [0.25, 0.3) is 5.91 Å². The lowest BCUT2D eigenvalue weighted by Gasteiger charge is -2.35. The molecule has 16 heavy (non-hydrogen) atoms. The molecule has 1 aromatic heterocycles. The fourth-order valence-electron chi connectivity index (χ4n) is 1.82. The number of aliphatic hydroxyl groups is 1. The van der Waals surface area contributed by atoms with Crippen LogP contribution in [0, 0.1) is 6.92 Å². The molecule has 1 saturated heterocycles. The van der Waals surface area contributed by atoms with E-state index in [0.29, 0.717) is 37.4 Å². The van der Waals surface area contributed by atoms with Crippen LogP contribution in [-0.2, 0) is 0 Å². The second-order valence-corrected chi connectivity index (χ2v) is 4.61. The molecule has 1 aliphatic heterocycles. The number of amides is 1. The van der Waals surface area contributed by atoms with E-state index < -0.39 is 5.60 Å². The highest BCUT2D eigenvalue weighted by Gasteiger charge is 2.30. The van der Waals surface area contributed by atoms with Gasteiger partial charge in [-0.2, -0.15) is 0 Å². The van der Waals surface area contributed by atoms with Gasteiger partial charge in [0.15, 0.2) is 5.69 Å². The van der Waals surface area contributed by atoms with Gasteiger partial charge < -0.3 is 14.5 Å². The quantitative estimate of drug-likeness (QED) is 0.771. The van der Waals surface area contributed by atoms with E-state index >= 15 is 0 Å². The maximum absolute atomic E-state index is 11.9. The number of carbonyl (C=O) groups excluding carboxylic acids is 1. The van der Waals surface area contributed by atoms with Crippen LogP contribution in [0.15, 0.2) is 10.6 Å². The van der Waals surface area contributed by atoms with Gasteiger partial charge in [0.2, 0.25) is 0 Å². The summed E-state index contributed by atoms with van der Waals surface area (Å²) in [5, 5.41) is 13.5. The standard InChI is InChI=1S/C11H16N2O3/c1-8-7-9(12-16-8)10(14)13-5-3-11(2,15)4-6-13/h7,15H,3-6H2,1-2H3. The highest BCUT2D eigenvalue weighted by molar-refractivity contribution is 5.92. The van der Waals surface area contributed by atoms with Crippen molar-refractivity contribution in [3.8, 4) is 0 Å². The molecule has 0 radical (unpaired) electrons. The molecule has 5 nitrogen and oxygen atoms in total. The minimum absolute atomic E-state index is 0.118. The molecule has 0 atom stereocenters. The summed E-state index contributed by atoms with van der Waals surface area (Å²) in [5.41, 5.74) is -0.296. The van der Waals surface area contributed by atoms with Crippen LogP contribution < -0.4 is 0 Å². The fourth-order valence-corrected chi connectivity index (χ4v) is 1.82. The Morgan fingerprint density at radius 2 is 2.19 bits per heavy atom. The minimum Gasteiger partial charge on any atom is -0.390 e. The molecule has 1 amide bonds. The van der Waals surface area contributed by atoms with E-state index in [1.54, 1.807) is 24.8 Å². The summed E-state index contributed by atoms with van der Waals surface area (Å²) < 4.78 is 4.87. The van der Waals surface area contributed by atoms with Crippen LogP contribution in [0.5, 0.6) is 0 Å². The number of piperidine rings is 1. The summed E-state index contributed by atoms with van der Waals surface area (Å²) in [6.07, 6.45) is 1.21. The number of likely N-dealkylation sites (tertiary alicyclic amines) is 1. The molecule has 0 saturated carbocycles. The van der Waals surface area contributed by atoms with Crippen molar-refractivity contribution in [3.05, 3.63) is 17.5 Å². The number of nitrogens with zero attached hydrogens (tertiary/aromatic N) is 2. The lowest BCUT2D eigenvalue weighted by molar-refractivity contribution is -0.00228. The maximum Gasteiger partial charge on any atom is 0.276 e. The summed E-state index contributed by atoms with van der Waals surface area (Å²) in [5.74, 6) is 0.514. The van der Waals surface area contributed by atoms with Gasteiger partial charge in [0.05, 0.1) is 5.60 Å². The Bertz CT molecular complexity index is 388. The van der Waals surface area contributed by atoms with Crippen molar-refractivity contribution in [2.75, 3.05) is 13.1 Å². The first kappa shape index (κ1) is 11.1. The number of aromatic nitrogens is 1. The third-order valence-electron chi connectivity index (χ3n) is 2.97. The van der Waals surface area contributed by atoms with E-state index in [4.69, 9.17) is 4.52 Å². The van der Waals surface area contributed by atoms with E-state index in [9.17, 15) is 9.90 Å². The Balaban J connectivity index is 2.02. The zero-order valence-corrected chi connectivity index (χ0v) is 9.56. The molecule has 1 aromatic rings. The van der Waals surface area contributed by atoms with Crippen LogP contribution in [0.4, 0.5) is 0 Å². The van der Waals surface area contributed by atoms with Crippen LogP contribution in [0.2, 0.25) is 0 Å². The van der Waals surface area contributed by atoms with Crippen LogP contribution in [0.3, 0.4) is 0 Å². The molecule has 0 aromatic carbocycles. The third kappa shape index (κ3) is 2.24. The van der Waals surface area contributed by atoms with Crippen LogP contribution in [0.1, 0.15) is 36.0 Å². The smallest absolute Gasteiger partial charge is 0.276 e. The molecule has 1 fully saturated rings. The van der Waals surface area contributed by atoms with E-state index in [0.717, 1.165) is 0 Å². The summed E-state index contributed by atoms with van der Waals surface area (Å²) in [6.45, 7) is 4.69. The first-order valence-corrected chi connectivity index (χ1v) is 5.43. The molecule has 1 aliphatic rings. The molecule has 5 heteroatoms. The number of hydrogen-bond acceptors (Lipinski definition) is 4. The van der Waals surface area contributed by atoms with E-state index in [-0.39, 0.29) is 5.91 Å². The van der Waals surface area contributed by atoms with Crippen LogP contribution >= 0.6 is 0 Å². The van der Waals surface area contributed by atoms with Crippen molar-refractivity contribution >= 4 is 5.91 Å². The Labute approximate surface area is 94.0 Å². The van der Waals surface area contributed by atoms with Crippen molar-refractivity contribution in [1.82, 2.24) is 10.1 Å². The highest BCUT2D eigenvalue weighted by atomic mass is 16.5. The molecule has 0 aliphatic carbocycles. The van der Waals surface area contributed by atoms with E-state index in [1.807, 2.05) is 0 Å². The topological polar surface area (TPSA) is 66.6 Å². The van der Waals surface area contributed by atoms with Gasteiger partial charge in [0.1, 0.15) is 5.76 Å². The monoisotopic (exact) mass is 224 g/mol. The highest BCUT2D eigenvalue weighted by Crippen LogP contribution is 2.22. The molecule has 0 bridgehead atoms. The summed E-state index contributed by atoms with van der Waals surface area (Å²) in [4.78, 5) is 13.6. The van der Waals surface area contributed by atoms with E-state index in [2.05, 4.69) is 5.16 Å². The lowest BCUT2D eigenvalue weighted by Crippen LogP contribution is -2.45. The zero-order valence-electron chi connectivity index (χ0n) is 9.56. The number of aryl methyl sites for hydroxylation is 1. The molecule has 2 heterocycles. The summed E-state index contributed by atoms with van der Waals surface area (Å²) in [6, 6.07) is 1.63. The predicted molar refractivity (Wildman–Crippen MR) is 57.0 cm³/mol. The van der Waals surface area contributed by atoms with Crippen molar-refractivity contribution in [3.63, 3.8) is 0 Å². The lowest BCUT2D eigenvalue weighted by atomic mass is 9.94. The zero-order chi connectivity index (χ0) is 11.8. The van der Waals surface area contributed by atoms with Gasteiger partial charge in [-0.3, -0.25) is 4.79 Å². The molecular weight excluding hydrogens is 208 g/mol. The second-order valence-electron chi connectivity index (χ2n) is 4.61. The number of carbonyl (C=O) groups is 1. The van der Waals surface area contributed by atoms with Gasteiger partial charge in [-0.05, 0) is 26.7 Å². The van der Waals surface area contributed by atoms with Crippen molar-refractivity contribution < 1.29 is 14.4 Å². The molecular formula is C11H16N2O3. The van der Waals surface area contributed by atoms with Gasteiger partial charge in [-0.15, -0.1) is 0 Å². The van der Waals surface area contributed by atoms with Crippen molar-refractivity contribution in [1.29, 1.82) is 0 Å². The average molecular weight is 224 g/mol. The van der Waals surface area contributed by atoms with Gasteiger partial charge >= 0.3 is 0 Å². The molecule has 2 rings (SSSR count). The minimum atomic E-state index is -0.642. The maximum atomic E-state index is 11.9. The van der Waals surface area contributed by atoms with Crippen LogP contribution in [0.25, 0.3) is 0 Å². The SMILES string of the molecule is Cc1cc(C(=O)N2CCC(C)(O)CC2)no1. The summed E-state index contributed by atoms with van der Waals surface area (Å²) >= 11 is 0. The van der Waals surface area contributed by atoms with Crippen molar-refractivity contribution in [2.24, 2.45) is 0 Å². The molecule has 88 valence electrons. The number of hydrogen-bond donors (Lipinski definition) is 1. The largest absolute Gasteiger partial charge is 0.390 e. The van der Waals surface area contributed by atoms with Gasteiger partial charge in [-0.25, -0.2) is 0 Å². The Hall–Kier alpha value is -1.36. The average Bonchev–Trinajstić information content (AvgIpc) is 2.64. The predicted octanol–water partition coefficient (Wildman–Crippen LogP) is 0.970. The van der Waals surface area contributed by atoms with Gasteiger partial charge in [-0.1, -0.05) is 5.16 Å².